The summed E-state index contributed by atoms with van der Waals surface area (Å²) in [5, 5.41) is 8.76. The first-order valence-corrected chi connectivity index (χ1v) is 12.1. The van der Waals surface area contributed by atoms with Gasteiger partial charge in [0.2, 0.25) is 0 Å². The normalized spacial score (nSPS) is 19.1. The van der Waals surface area contributed by atoms with Gasteiger partial charge in [-0.05, 0) is 97.2 Å². The zero-order chi connectivity index (χ0) is 24.9. The third kappa shape index (κ3) is 7.51. The molecule has 0 aromatic heterocycles. The molecule has 3 rings (SSSR count). The lowest BCUT2D eigenvalue weighted by molar-refractivity contribution is -0.138. The van der Waals surface area contributed by atoms with Crippen LogP contribution in [0.4, 0.5) is 13.2 Å². The van der Waals surface area contributed by atoms with Gasteiger partial charge in [-0.2, -0.15) is 13.2 Å². The average molecular weight is 477 g/mol. The second kappa shape index (κ2) is 10.8. The number of hydrogen-bond donors (Lipinski definition) is 1. The molecule has 0 amide bonds. The van der Waals surface area contributed by atoms with Gasteiger partial charge >= 0.3 is 12.1 Å². The van der Waals surface area contributed by atoms with Crippen molar-refractivity contribution in [2.24, 2.45) is 11.3 Å². The highest BCUT2D eigenvalue weighted by molar-refractivity contribution is 5.67. The zero-order valence-corrected chi connectivity index (χ0v) is 20.3. The number of benzene rings is 2. The minimum absolute atomic E-state index is 0.0190. The van der Waals surface area contributed by atoms with Crippen LogP contribution in [0.1, 0.15) is 76.8 Å². The van der Waals surface area contributed by atoms with Gasteiger partial charge in [0, 0.05) is 6.42 Å². The molecular formula is C28H35F3O3. The van der Waals surface area contributed by atoms with Crippen molar-refractivity contribution in [1.29, 1.82) is 0 Å². The average Bonchev–Trinajstić information content (AvgIpc) is 2.76. The van der Waals surface area contributed by atoms with Crippen LogP contribution in [0.5, 0.6) is 5.75 Å². The van der Waals surface area contributed by atoms with Crippen molar-refractivity contribution in [3.05, 3.63) is 53.6 Å². The molecule has 2 aromatic carbocycles. The van der Waals surface area contributed by atoms with Crippen molar-refractivity contribution in [2.45, 2.75) is 84.4 Å². The van der Waals surface area contributed by atoms with Crippen LogP contribution in [0, 0.1) is 11.3 Å². The Labute approximate surface area is 200 Å². The van der Waals surface area contributed by atoms with Gasteiger partial charge in [0.25, 0.3) is 0 Å². The summed E-state index contributed by atoms with van der Waals surface area (Å²) in [7, 11) is 0. The Kier molecular flexibility index (Phi) is 8.32. The Hall–Kier alpha value is -2.50. The maximum absolute atomic E-state index is 13.5. The van der Waals surface area contributed by atoms with Gasteiger partial charge in [0.05, 0.1) is 11.7 Å². The molecule has 1 saturated carbocycles. The highest BCUT2D eigenvalue weighted by Crippen LogP contribution is 2.39. The van der Waals surface area contributed by atoms with Gasteiger partial charge in [-0.1, -0.05) is 39.0 Å². The molecule has 1 aliphatic rings. The van der Waals surface area contributed by atoms with E-state index in [0.29, 0.717) is 47.3 Å². The minimum Gasteiger partial charge on any atom is -0.490 e. The lowest BCUT2D eigenvalue weighted by Gasteiger charge is -2.36. The van der Waals surface area contributed by atoms with Crippen LogP contribution in [-0.4, -0.2) is 17.2 Å². The Morgan fingerprint density at radius 3 is 2.15 bits per heavy atom. The molecule has 3 nitrogen and oxygen atoms in total. The van der Waals surface area contributed by atoms with Crippen LogP contribution in [0.3, 0.4) is 0 Å². The molecule has 0 bridgehead atoms. The number of rotatable bonds is 8. The van der Waals surface area contributed by atoms with Gasteiger partial charge in [-0.25, -0.2) is 0 Å². The van der Waals surface area contributed by atoms with E-state index in [1.165, 1.54) is 6.07 Å². The topological polar surface area (TPSA) is 46.5 Å². The second-order valence-corrected chi connectivity index (χ2v) is 10.5. The largest absolute Gasteiger partial charge is 0.490 e. The molecule has 0 heterocycles. The van der Waals surface area contributed by atoms with E-state index < -0.39 is 17.7 Å². The molecule has 1 N–H and O–H groups in total. The molecule has 0 radical (unpaired) electrons. The lowest BCUT2D eigenvalue weighted by Crippen LogP contribution is -2.30. The van der Waals surface area contributed by atoms with E-state index in [2.05, 4.69) is 20.8 Å². The van der Waals surface area contributed by atoms with Gasteiger partial charge in [-0.15, -0.1) is 0 Å². The predicted octanol–water partition coefficient (Wildman–Crippen LogP) is 8.15. The number of hydrogen-bond acceptors (Lipinski definition) is 2. The summed E-state index contributed by atoms with van der Waals surface area (Å²) in [4.78, 5) is 10.7. The number of carbonyl (C=O) groups is 1. The van der Waals surface area contributed by atoms with Crippen LogP contribution in [0.25, 0.3) is 11.1 Å². The van der Waals surface area contributed by atoms with E-state index in [0.717, 1.165) is 37.5 Å². The smallest absolute Gasteiger partial charge is 0.416 e. The second-order valence-electron chi connectivity index (χ2n) is 10.5. The van der Waals surface area contributed by atoms with E-state index >= 15 is 0 Å². The van der Waals surface area contributed by atoms with Crippen molar-refractivity contribution < 1.29 is 27.8 Å². The molecule has 0 unspecified atom stereocenters. The minimum atomic E-state index is -4.44. The van der Waals surface area contributed by atoms with Crippen LogP contribution in [0.15, 0.2) is 42.5 Å². The van der Waals surface area contributed by atoms with Crippen molar-refractivity contribution in [3.8, 4) is 16.9 Å². The maximum Gasteiger partial charge on any atom is 0.416 e. The number of carboxylic acids is 1. The monoisotopic (exact) mass is 476 g/mol. The molecule has 1 fully saturated rings. The number of unbranched alkanes of at least 4 members (excludes halogenated alkanes) is 1. The molecule has 0 saturated heterocycles. The van der Waals surface area contributed by atoms with Gasteiger partial charge in [0.15, 0.2) is 0 Å². The highest BCUT2D eigenvalue weighted by atomic mass is 19.4. The van der Waals surface area contributed by atoms with Crippen molar-refractivity contribution in [2.75, 3.05) is 0 Å². The summed E-state index contributed by atoms with van der Waals surface area (Å²) in [5.74, 6) is 0.548. The Morgan fingerprint density at radius 2 is 1.59 bits per heavy atom. The summed E-state index contributed by atoms with van der Waals surface area (Å²) in [6.45, 7) is 6.85. The van der Waals surface area contributed by atoms with E-state index in [1.807, 2.05) is 12.1 Å². The fourth-order valence-electron chi connectivity index (χ4n) is 4.74. The molecule has 6 heteroatoms. The zero-order valence-electron chi connectivity index (χ0n) is 20.3. The number of alkyl halides is 3. The molecule has 0 spiro atoms. The first-order valence-electron chi connectivity index (χ1n) is 12.1. The Balaban J connectivity index is 1.69. The van der Waals surface area contributed by atoms with Gasteiger partial charge < -0.3 is 9.84 Å². The fourth-order valence-corrected chi connectivity index (χ4v) is 4.74. The van der Waals surface area contributed by atoms with Gasteiger partial charge in [0.1, 0.15) is 5.75 Å². The van der Waals surface area contributed by atoms with E-state index in [9.17, 15) is 18.0 Å². The van der Waals surface area contributed by atoms with Crippen molar-refractivity contribution in [3.63, 3.8) is 0 Å². The summed E-state index contributed by atoms with van der Waals surface area (Å²) in [5.41, 5.74) is 1.38. The fraction of sp³-hybridized carbons (Fsp3) is 0.536. The summed E-state index contributed by atoms with van der Waals surface area (Å²) < 4.78 is 46.6. The molecule has 0 aliphatic heterocycles. The number of aryl methyl sites for hydroxylation is 1. The first-order chi connectivity index (χ1) is 15.9. The van der Waals surface area contributed by atoms with Crippen molar-refractivity contribution in [1.82, 2.24) is 0 Å². The molecular weight excluding hydrogens is 441 g/mol. The standard InChI is InChI=1S/C28H35F3O3/c1-27(2,3)22-10-14-25(15-11-22)34-24-12-8-20(9-13-24)21-16-19(6-4-5-7-26(32)33)17-23(18-21)28(29,30)31/h8-9,12-13,16-18,22,25H,4-7,10-11,14-15H2,1-3H3,(H,32,33). The first kappa shape index (κ1) is 26.1. The quantitative estimate of drug-likeness (QED) is 0.391. The van der Waals surface area contributed by atoms with E-state index in [1.54, 1.807) is 18.2 Å². The molecule has 1 aliphatic carbocycles. The molecule has 2 aromatic rings. The maximum atomic E-state index is 13.5. The number of carboxylic acid groups (broad SMARTS) is 1. The molecule has 186 valence electrons. The number of ether oxygens (including phenoxy) is 1. The van der Waals surface area contributed by atoms with Crippen LogP contribution in [0.2, 0.25) is 0 Å². The summed E-state index contributed by atoms with van der Waals surface area (Å²) in [6.07, 6.45) is 1.44. The van der Waals surface area contributed by atoms with E-state index in [4.69, 9.17) is 9.84 Å². The predicted molar refractivity (Wildman–Crippen MR) is 128 cm³/mol. The summed E-state index contributed by atoms with van der Waals surface area (Å²) in [6, 6.07) is 11.4. The van der Waals surface area contributed by atoms with E-state index in [-0.39, 0.29) is 12.5 Å². The Morgan fingerprint density at radius 1 is 0.941 bits per heavy atom. The highest BCUT2D eigenvalue weighted by Gasteiger charge is 2.32. The molecule has 34 heavy (non-hydrogen) atoms. The SMILES string of the molecule is CC(C)(C)C1CCC(Oc2ccc(-c3cc(CCCCC(=O)O)cc(C(F)(F)F)c3)cc2)CC1. The molecule has 0 atom stereocenters. The van der Waals surface area contributed by atoms with Crippen LogP contribution < -0.4 is 4.74 Å². The lowest BCUT2D eigenvalue weighted by atomic mass is 9.72. The van der Waals surface area contributed by atoms with Crippen molar-refractivity contribution >= 4 is 5.97 Å². The third-order valence-corrected chi connectivity index (χ3v) is 6.82. The number of halogens is 3. The van der Waals surface area contributed by atoms with Gasteiger partial charge in [-0.3, -0.25) is 4.79 Å². The third-order valence-electron chi connectivity index (χ3n) is 6.82. The summed E-state index contributed by atoms with van der Waals surface area (Å²) >= 11 is 0. The van der Waals surface area contributed by atoms with Crippen LogP contribution >= 0.6 is 0 Å². The number of aliphatic carboxylic acids is 1. The Bertz CT molecular complexity index is 950. The van der Waals surface area contributed by atoms with Crippen LogP contribution in [-0.2, 0) is 17.4 Å².